The van der Waals surface area contributed by atoms with Gasteiger partial charge < -0.3 is 5.11 Å². The van der Waals surface area contributed by atoms with Gasteiger partial charge in [-0.25, -0.2) is 0 Å². The molecule has 0 aromatic rings. The van der Waals surface area contributed by atoms with Gasteiger partial charge in [0.15, 0.2) is 0 Å². The number of hydrogen-bond donors (Lipinski definition) is 1. The number of rotatable bonds is 0. The Balaban J connectivity index is 2.33. The van der Waals surface area contributed by atoms with Gasteiger partial charge in [0.25, 0.3) is 0 Å². The Morgan fingerprint density at radius 3 is 2.17 bits per heavy atom. The van der Waals surface area contributed by atoms with Crippen LogP contribution in [0, 0.1) is 12.8 Å². The molecule has 1 N–H and O–H groups in total. The van der Waals surface area contributed by atoms with E-state index in [1.807, 2.05) is 0 Å². The molecule has 0 spiro atoms. The fraction of sp³-hybridized carbons (Fsp3) is 0.875. The van der Waals surface area contributed by atoms with E-state index < -0.39 is 0 Å². The van der Waals surface area contributed by atoms with Crippen LogP contribution in [0.15, 0.2) is 0 Å². The maximum absolute atomic E-state index is 11.7. The molecule has 1 rings (SSSR count). The predicted molar refractivity (Wildman–Crippen MR) is 75.3 cm³/mol. The summed E-state index contributed by atoms with van der Waals surface area (Å²) in [7, 11) is 0. The molecule has 18 heavy (non-hydrogen) atoms. The van der Waals surface area contributed by atoms with Gasteiger partial charge in [-0.1, -0.05) is 44.9 Å². The Morgan fingerprint density at radius 1 is 0.944 bits per heavy atom. The van der Waals surface area contributed by atoms with Crippen LogP contribution in [0.2, 0.25) is 0 Å². The van der Waals surface area contributed by atoms with Crippen LogP contribution in [0.4, 0.5) is 0 Å². The van der Waals surface area contributed by atoms with E-state index in [0.29, 0.717) is 25.0 Å². The highest BCUT2D eigenvalue weighted by atomic mass is 16.3. The number of ketones is 1. The average Bonchev–Trinajstić information content (AvgIpc) is 2.30. The second-order valence-electron chi connectivity index (χ2n) is 5.87. The molecule has 2 heteroatoms. The first-order chi connectivity index (χ1) is 8.68. The first-order valence-corrected chi connectivity index (χ1v) is 7.71. The first-order valence-electron chi connectivity index (χ1n) is 7.71. The van der Waals surface area contributed by atoms with Gasteiger partial charge in [0.2, 0.25) is 0 Å². The van der Waals surface area contributed by atoms with E-state index in [-0.39, 0.29) is 12.0 Å². The minimum atomic E-state index is -0.259. The zero-order valence-electron chi connectivity index (χ0n) is 11.7. The Bertz CT molecular complexity index is 225. The largest absolute Gasteiger partial charge is 0.393 e. The van der Waals surface area contributed by atoms with Crippen LogP contribution >= 0.6 is 0 Å². The molecule has 0 saturated heterocycles. The summed E-state index contributed by atoms with van der Waals surface area (Å²) in [4.78, 5) is 11.7. The van der Waals surface area contributed by atoms with E-state index in [4.69, 9.17) is 0 Å². The van der Waals surface area contributed by atoms with Crippen molar-refractivity contribution in [2.75, 3.05) is 0 Å². The third-order valence-corrected chi connectivity index (χ3v) is 3.86. The molecule has 0 amide bonds. The van der Waals surface area contributed by atoms with Gasteiger partial charge in [0.1, 0.15) is 11.7 Å². The molecule has 104 valence electrons. The lowest BCUT2D eigenvalue weighted by atomic mass is 9.94. The first kappa shape index (κ1) is 15.6. The van der Waals surface area contributed by atoms with Crippen molar-refractivity contribution in [2.24, 2.45) is 5.92 Å². The van der Waals surface area contributed by atoms with Gasteiger partial charge in [0, 0.05) is 19.3 Å². The van der Waals surface area contributed by atoms with E-state index >= 15 is 0 Å². The van der Waals surface area contributed by atoms with Gasteiger partial charge in [0.05, 0.1) is 13.0 Å². The highest BCUT2D eigenvalue weighted by molar-refractivity contribution is 5.78. The van der Waals surface area contributed by atoms with Crippen LogP contribution in [0.1, 0.15) is 77.0 Å². The normalized spacial score (nSPS) is 30.4. The lowest BCUT2D eigenvalue weighted by Gasteiger charge is -2.12. The van der Waals surface area contributed by atoms with Crippen molar-refractivity contribution in [3.05, 3.63) is 6.92 Å². The molecule has 1 aliphatic rings. The second-order valence-corrected chi connectivity index (χ2v) is 5.87. The van der Waals surface area contributed by atoms with E-state index in [0.717, 1.165) is 19.3 Å². The summed E-state index contributed by atoms with van der Waals surface area (Å²) in [5.41, 5.74) is 0. The van der Waals surface area contributed by atoms with Crippen LogP contribution in [0.3, 0.4) is 0 Å². The van der Waals surface area contributed by atoms with E-state index in [1.54, 1.807) is 0 Å². The van der Waals surface area contributed by atoms with Crippen molar-refractivity contribution >= 4 is 5.78 Å². The zero-order chi connectivity index (χ0) is 13.2. The minimum absolute atomic E-state index is 0.0950. The van der Waals surface area contributed by atoms with Crippen molar-refractivity contribution in [1.29, 1.82) is 0 Å². The molecule has 0 radical (unpaired) electrons. The summed E-state index contributed by atoms with van der Waals surface area (Å²) in [6.07, 6.45) is 12.3. The van der Waals surface area contributed by atoms with Crippen LogP contribution < -0.4 is 0 Å². The van der Waals surface area contributed by atoms with E-state index in [1.165, 1.54) is 38.5 Å². The van der Waals surface area contributed by atoms with Crippen molar-refractivity contribution in [1.82, 2.24) is 0 Å². The zero-order valence-corrected chi connectivity index (χ0v) is 11.7. The minimum Gasteiger partial charge on any atom is -0.393 e. The molecule has 2 unspecified atom stereocenters. The van der Waals surface area contributed by atoms with E-state index in [9.17, 15) is 9.90 Å². The Labute approximate surface area is 112 Å². The van der Waals surface area contributed by atoms with Gasteiger partial charge in [-0.05, 0) is 12.8 Å². The van der Waals surface area contributed by atoms with Crippen LogP contribution in [-0.4, -0.2) is 17.0 Å². The Kier molecular flexibility index (Phi) is 8.15. The SMILES string of the molecule is [CH2+]C1CC(=O)CCCCCCCCCCC(O)C1. The summed E-state index contributed by atoms with van der Waals surface area (Å²) in [5, 5.41) is 9.88. The van der Waals surface area contributed by atoms with Crippen LogP contribution in [0.5, 0.6) is 0 Å². The molecular formula is C16H29O2+. The van der Waals surface area contributed by atoms with Gasteiger partial charge >= 0.3 is 0 Å². The average molecular weight is 253 g/mol. The Hall–Kier alpha value is -0.500. The monoisotopic (exact) mass is 253 g/mol. The van der Waals surface area contributed by atoms with Crippen LogP contribution in [-0.2, 0) is 4.79 Å². The molecule has 2 atom stereocenters. The lowest BCUT2D eigenvalue weighted by molar-refractivity contribution is -0.120. The van der Waals surface area contributed by atoms with Crippen molar-refractivity contribution in [3.63, 3.8) is 0 Å². The summed E-state index contributed by atoms with van der Waals surface area (Å²) in [5.74, 6) is 0.426. The molecule has 0 heterocycles. The van der Waals surface area contributed by atoms with Gasteiger partial charge in [-0.3, -0.25) is 4.79 Å². The molecule has 0 aromatic carbocycles. The third kappa shape index (κ3) is 7.75. The molecular weight excluding hydrogens is 224 g/mol. The quantitative estimate of drug-likeness (QED) is 0.661. The number of aliphatic hydroxyl groups is 1. The number of aliphatic hydroxyl groups excluding tert-OH is 1. The third-order valence-electron chi connectivity index (χ3n) is 3.86. The van der Waals surface area contributed by atoms with Crippen molar-refractivity contribution in [2.45, 2.75) is 83.2 Å². The fourth-order valence-electron chi connectivity index (χ4n) is 2.77. The molecule has 0 aromatic heterocycles. The molecule has 1 saturated carbocycles. The fourth-order valence-corrected chi connectivity index (χ4v) is 2.77. The second kappa shape index (κ2) is 9.43. The summed E-state index contributed by atoms with van der Waals surface area (Å²) in [6.45, 7) is 4.01. The van der Waals surface area contributed by atoms with Gasteiger partial charge in [-0.2, -0.15) is 0 Å². The van der Waals surface area contributed by atoms with Crippen molar-refractivity contribution in [3.8, 4) is 0 Å². The van der Waals surface area contributed by atoms with E-state index in [2.05, 4.69) is 6.92 Å². The van der Waals surface area contributed by atoms with Crippen LogP contribution in [0.25, 0.3) is 0 Å². The van der Waals surface area contributed by atoms with Gasteiger partial charge in [-0.15, -0.1) is 0 Å². The summed E-state index contributed by atoms with van der Waals surface area (Å²) < 4.78 is 0. The maximum Gasteiger partial charge on any atom is 0.137 e. The topological polar surface area (TPSA) is 37.3 Å². The maximum atomic E-state index is 11.7. The smallest absolute Gasteiger partial charge is 0.137 e. The highest BCUT2D eigenvalue weighted by Crippen LogP contribution is 2.18. The summed E-state index contributed by atoms with van der Waals surface area (Å²) >= 11 is 0. The number of hydrogen-bond acceptors (Lipinski definition) is 2. The molecule has 0 aliphatic heterocycles. The molecule has 2 nitrogen and oxygen atoms in total. The standard InChI is InChI=1S/C16H29O2/c1-14-12-15(17)10-8-6-4-2-3-5-7-9-11-16(18)13-14/h14-15,17H,1-13H2/q+1. The molecule has 1 fully saturated rings. The number of carbonyl (C=O) groups excluding carboxylic acids is 1. The predicted octanol–water partition coefficient (Wildman–Crippen LogP) is 4.06. The number of carbonyl (C=O) groups is 1. The summed E-state index contributed by atoms with van der Waals surface area (Å²) in [6, 6.07) is 0. The number of Topliss-reactive ketones (excluding diaryl/α,β-unsaturated/α-hetero) is 1. The lowest BCUT2D eigenvalue weighted by Crippen LogP contribution is -2.14. The Morgan fingerprint density at radius 2 is 1.50 bits per heavy atom. The van der Waals surface area contributed by atoms with Crippen molar-refractivity contribution < 1.29 is 9.90 Å². The highest BCUT2D eigenvalue weighted by Gasteiger charge is 2.18. The molecule has 1 aliphatic carbocycles. The molecule has 0 bridgehead atoms.